The van der Waals surface area contributed by atoms with Gasteiger partial charge in [-0.2, -0.15) is 0 Å². The smallest absolute Gasteiger partial charge is 0.365 e. The molecule has 0 aliphatic carbocycles. The molecule has 2 radical (unpaired) electrons. The first kappa shape index (κ1) is 5.68. The summed E-state index contributed by atoms with van der Waals surface area (Å²) in [6.07, 6.45) is 4.92. The molecule has 8 heavy (non-hydrogen) atoms. The SMILES string of the molecule is [B][N+]1(C)C=C=CCC1. The Morgan fingerprint density at radius 2 is 2.50 bits per heavy atom. The highest BCUT2D eigenvalue weighted by molar-refractivity contribution is 5.97. The summed E-state index contributed by atoms with van der Waals surface area (Å²) in [7, 11) is 7.64. The Morgan fingerprint density at radius 1 is 1.75 bits per heavy atom. The predicted molar refractivity (Wildman–Crippen MR) is 34.1 cm³/mol. The maximum Gasteiger partial charge on any atom is 0.486 e. The van der Waals surface area contributed by atoms with Crippen molar-refractivity contribution in [2.75, 3.05) is 13.6 Å². The lowest BCUT2D eigenvalue weighted by Gasteiger charge is -2.25. The predicted octanol–water partition coefficient (Wildman–Crippen LogP) is 0.589. The van der Waals surface area contributed by atoms with Crippen molar-refractivity contribution in [1.82, 2.24) is 0 Å². The van der Waals surface area contributed by atoms with Gasteiger partial charge in [-0.3, -0.25) is 0 Å². The normalized spacial score (nSPS) is 35.6. The van der Waals surface area contributed by atoms with E-state index in [1.807, 2.05) is 19.3 Å². The van der Waals surface area contributed by atoms with E-state index >= 15 is 0 Å². The van der Waals surface area contributed by atoms with Crippen molar-refractivity contribution in [2.45, 2.75) is 6.42 Å². The first-order valence-electron chi connectivity index (χ1n) is 2.77. The van der Waals surface area contributed by atoms with Gasteiger partial charge in [0, 0.05) is 6.42 Å². The largest absolute Gasteiger partial charge is 0.486 e. The van der Waals surface area contributed by atoms with Crippen LogP contribution in [0.25, 0.3) is 0 Å². The summed E-state index contributed by atoms with van der Waals surface area (Å²) in [6, 6.07) is 0. The van der Waals surface area contributed by atoms with Crippen LogP contribution in [0.2, 0.25) is 0 Å². The lowest BCUT2D eigenvalue weighted by Crippen LogP contribution is -2.36. The highest BCUT2D eigenvalue weighted by atomic mass is 15.2. The molecule has 0 fully saturated rings. The van der Waals surface area contributed by atoms with Crippen molar-refractivity contribution in [3.05, 3.63) is 18.0 Å². The quantitative estimate of drug-likeness (QED) is 0.313. The average Bonchev–Trinajstić information content (AvgIpc) is 1.65. The Balaban J connectivity index is 2.74. The third kappa shape index (κ3) is 1.26. The van der Waals surface area contributed by atoms with Crippen LogP contribution in [-0.2, 0) is 0 Å². The van der Waals surface area contributed by atoms with E-state index in [4.69, 9.17) is 7.98 Å². The van der Waals surface area contributed by atoms with Crippen molar-refractivity contribution in [2.24, 2.45) is 0 Å². The molecule has 0 amide bonds. The van der Waals surface area contributed by atoms with Gasteiger partial charge in [-0.05, 0) is 6.08 Å². The molecular weight excluding hydrogens is 96.9 g/mol. The van der Waals surface area contributed by atoms with Crippen LogP contribution < -0.4 is 0 Å². The molecule has 1 unspecified atom stereocenters. The van der Waals surface area contributed by atoms with Crippen molar-refractivity contribution in [3.63, 3.8) is 0 Å². The van der Waals surface area contributed by atoms with Crippen LogP contribution in [-0.4, -0.2) is 26.0 Å². The first-order valence-corrected chi connectivity index (χ1v) is 2.77. The number of nitrogens with zero attached hydrogens (tertiary/aromatic N) is 1. The van der Waals surface area contributed by atoms with Crippen LogP contribution in [0.3, 0.4) is 0 Å². The fraction of sp³-hybridized carbons (Fsp3) is 0.500. The van der Waals surface area contributed by atoms with Crippen molar-refractivity contribution < 1.29 is 4.39 Å². The Kier molecular flexibility index (Phi) is 1.28. The molecule has 0 saturated heterocycles. The molecular formula is C6H9BN+. The van der Waals surface area contributed by atoms with E-state index in [-0.39, 0.29) is 0 Å². The van der Waals surface area contributed by atoms with Crippen LogP contribution in [0.5, 0.6) is 0 Å². The van der Waals surface area contributed by atoms with E-state index in [2.05, 4.69) is 5.73 Å². The molecule has 0 N–H and O–H groups in total. The van der Waals surface area contributed by atoms with Crippen molar-refractivity contribution in [3.8, 4) is 0 Å². The monoisotopic (exact) mass is 106 g/mol. The standard InChI is InChI=1S/C6H9BN/c1-8(7)5-3-2-4-6-8/h2,6H,3,5H2,1H3/q+1. The number of hydrogen-bond donors (Lipinski definition) is 0. The fourth-order valence-corrected chi connectivity index (χ4v) is 0.714. The molecule has 1 heterocycles. The molecule has 40 valence electrons. The Bertz CT molecular complexity index is 143. The third-order valence-electron chi connectivity index (χ3n) is 1.24. The second kappa shape index (κ2) is 1.81. The lowest BCUT2D eigenvalue weighted by atomic mass is 10.2. The minimum absolute atomic E-state index is 0.483. The van der Waals surface area contributed by atoms with Gasteiger partial charge in [0.15, 0.2) is 0 Å². The summed E-state index contributed by atoms with van der Waals surface area (Å²) in [6.45, 7) is 0.993. The van der Waals surface area contributed by atoms with E-state index in [1.54, 1.807) is 0 Å². The molecule has 1 nitrogen and oxygen atoms in total. The van der Waals surface area contributed by atoms with E-state index in [1.165, 1.54) is 0 Å². The van der Waals surface area contributed by atoms with Gasteiger partial charge in [-0.15, -0.1) is 0 Å². The lowest BCUT2D eigenvalue weighted by molar-refractivity contribution is -0.739. The summed E-state index contributed by atoms with van der Waals surface area (Å²) < 4.78 is 0.483. The van der Waals surface area contributed by atoms with Gasteiger partial charge in [-0.1, -0.05) is 5.73 Å². The second-order valence-electron chi connectivity index (χ2n) is 2.36. The van der Waals surface area contributed by atoms with Crippen molar-refractivity contribution in [1.29, 1.82) is 0 Å². The zero-order valence-corrected chi connectivity index (χ0v) is 5.09. The zero-order chi connectivity index (χ0) is 6.04. The summed E-state index contributed by atoms with van der Waals surface area (Å²) in [5, 5.41) is 0. The summed E-state index contributed by atoms with van der Waals surface area (Å²) in [5.74, 6) is 0. The van der Waals surface area contributed by atoms with Crippen LogP contribution in [0.1, 0.15) is 6.42 Å². The van der Waals surface area contributed by atoms with Crippen LogP contribution in [0.15, 0.2) is 18.0 Å². The molecule has 2 heteroatoms. The third-order valence-corrected chi connectivity index (χ3v) is 1.24. The second-order valence-corrected chi connectivity index (χ2v) is 2.36. The molecule has 0 bridgehead atoms. The van der Waals surface area contributed by atoms with E-state index < -0.39 is 0 Å². The first-order chi connectivity index (χ1) is 3.71. The molecule has 1 aliphatic heterocycles. The Morgan fingerprint density at radius 3 is 2.75 bits per heavy atom. The number of rotatable bonds is 0. The summed E-state index contributed by atoms with van der Waals surface area (Å²) in [4.78, 5) is 0. The summed E-state index contributed by atoms with van der Waals surface area (Å²) in [5.41, 5.74) is 2.97. The minimum atomic E-state index is 0.483. The molecule has 0 saturated carbocycles. The van der Waals surface area contributed by atoms with Gasteiger partial charge < -0.3 is 4.39 Å². The number of hydrogen-bond acceptors (Lipinski definition) is 0. The van der Waals surface area contributed by atoms with Crippen LogP contribution in [0.4, 0.5) is 0 Å². The highest BCUT2D eigenvalue weighted by Gasteiger charge is 2.11. The molecule has 1 atom stereocenters. The topological polar surface area (TPSA) is 0 Å². The molecule has 1 rings (SSSR count). The van der Waals surface area contributed by atoms with E-state index in [0.29, 0.717) is 4.39 Å². The van der Waals surface area contributed by atoms with Crippen LogP contribution >= 0.6 is 0 Å². The molecule has 0 aromatic rings. The number of quaternary nitrogens is 1. The molecule has 0 aromatic carbocycles. The molecule has 0 aromatic heterocycles. The maximum atomic E-state index is 5.68. The van der Waals surface area contributed by atoms with Gasteiger partial charge in [0.1, 0.15) is 6.20 Å². The molecule has 1 aliphatic rings. The van der Waals surface area contributed by atoms with Gasteiger partial charge >= 0.3 is 7.98 Å². The van der Waals surface area contributed by atoms with E-state index in [0.717, 1.165) is 13.0 Å². The fourth-order valence-electron chi connectivity index (χ4n) is 0.714. The average molecular weight is 106 g/mol. The highest BCUT2D eigenvalue weighted by Crippen LogP contribution is 2.02. The van der Waals surface area contributed by atoms with Gasteiger partial charge in [0.05, 0.1) is 13.6 Å². The molecule has 0 spiro atoms. The maximum absolute atomic E-state index is 5.68. The minimum Gasteiger partial charge on any atom is -0.365 e. The Hall–Kier alpha value is -0.455. The van der Waals surface area contributed by atoms with Gasteiger partial charge in [-0.25, -0.2) is 0 Å². The Labute approximate surface area is 51.3 Å². The zero-order valence-electron chi connectivity index (χ0n) is 5.09. The van der Waals surface area contributed by atoms with Gasteiger partial charge in [0.25, 0.3) is 0 Å². The van der Waals surface area contributed by atoms with Crippen molar-refractivity contribution >= 4 is 7.98 Å². The van der Waals surface area contributed by atoms with Crippen LogP contribution in [0, 0.1) is 0 Å². The van der Waals surface area contributed by atoms with E-state index in [9.17, 15) is 0 Å². The van der Waals surface area contributed by atoms with Gasteiger partial charge in [0.2, 0.25) is 0 Å². The summed E-state index contributed by atoms with van der Waals surface area (Å²) >= 11 is 0.